The molecule has 0 heterocycles. The van der Waals surface area contributed by atoms with Crippen LogP contribution < -0.4 is 10.6 Å². The first-order chi connectivity index (χ1) is 9.54. The fraction of sp³-hybridized carbons (Fsp3) is 0.625. The largest absolute Gasteiger partial charge is 0.383 e. The highest BCUT2D eigenvalue weighted by molar-refractivity contribution is 6.31. The minimum absolute atomic E-state index is 0.144. The van der Waals surface area contributed by atoms with E-state index in [1.807, 2.05) is 12.1 Å². The van der Waals surface area contributed by atoms with Crippen LogP contribution in [0.5, 0.6) is 0 Å². The molecule has 0 aliphatic heterocycles. The molecule has 2 atom stereocenters. The van der Waals surface area contributed by atoms with Gasteiger partial charge in [0, 0.05) is 36.4 Å². The van der Waals surface area contributed by atoms with Gasteiger partial charge in [0.1, 0.15) is 0 Å². The number of likely N-dealkylation sites (N-methyl/N-ethyl adjacent to an activating group) is 1. The Labute approximate surface area is 128 Å². The van der Waals surface area contributed by atoms with Crippen LogP contribution in [0.2, 0.25) is 5.02 Å². The van der Waals surface area contributed by atoms with E-state index in [1.54, 1.807) is 7.11 Å². The van der Waals surface area contributed by atoms with Crippen molar-refractivity contribution in [3.8, 4) is 0 Å². The van der Waals surface area contributed by atoms with Crippen molar-refractivity contribution in [3.63, 3.8) is 0 Å². The van der Waals surface area contributed by atoms with Crippen molar-refractivity contribution in [1.82, 2.24) is 0 Å². The summed E-state index contributed by atoms with van der Waals surface area (Å²) in [6, 6.07) is 6.52. The number of hydrogen-bond donors (Lipinski definition) is 1. The molecule has 0 bridgehead atoms. The van der Waals surface area contributed by atoms with Gasteiger partial charge in [-0.2, -0.15) is 0 Å². The van der Waals surface area contributed by atoms with E-state index in [0.29, 0.717) is 12.6 Å². The molecule has 0 aliphatic carbocycles. The van der Waals surface area contributed by atoms with E-state index < -0.39 is 0 Å². The normalized spacial score (nSPS) is 14.1. The lowest BCUT2D eigenvalue weighted by atomic mass is 10.0. The minimum atomic E-state index is 0.144. The van der Waals surface area contributed by atoms with Crippen LogP contribution in [0.25, 0.3) is 0 Å². The van der Waals surface area contributed by atoms with Gasteiger partial charge < -0.3 is 15.4 Å². The number of nitrogens with two attached hydrogens (primary N) is 1. The van der Waals surface area contributed by atoms with Gasteiger partial charge in [0.2, 0.25) is 0 Å². The number of anilines is 1. The maximum atomic E-state index is 6.40. The molecule has 1 aromatic rings. The third-order valence-electron chi connectivity index (χ3n) is 3.67. The molecule has 20 heavy (non-hydrogen) atoms. The maximum absolute atomic E-state index is 6.40. The van der Waals surface area contributed by atoms with Crippen molar-refractivity contribution < 1.29 is 4.74 Å². The summed E-state index contributed by atoms with van der Waals surface area (Å²) < 4.78 is 5.28. The molecule has 4 heteroatoms. The summed E-state index contributed by atoms with van der Waals surface area (Å²) in [5, 5.41) is 0.800. The molecule has 0 saturated carbocycles. The third-order valence-corrected chi connectivity index (χ3v) is 4.03. The molecule has 0 aliphatic rings. The standard InChI is InChI=1S/C16H27ClN2O/c1-5-13(18)10-14-15(17)8-7-9-16(14)19(6-2)12(3)11-20-4/h7-9,12-13H,5-6,10-11,18H2,1-4H3. The van der Waals surface area contributed by atoms with E-state index in [1.165, 1.54) is 5.69 Å². The van der Waals surface area contributed by atoms with Gasteiger partial charge in [-0.3, -0.25) is 0 Å². The zero-order valence-corrected chi connectivity index (χ0v) is 13.8. The molecule has 0 spiro atoms. The molecule has 2 unspecified atom stereocenters. The number of rotatable bonds is 8. The van der Waals surface area contributed by atoms with Gasteiger partial charge in [0.15, 0.2) is 0 Å². The molecule has 0 amide bonds. The highest BCUT2D eigenvalue weighted by Crippen LogP contribution is 2.30. The third kappa shape index (κ3) is 4.37. The molecule has 114 valence electrons. The zero-order chi connectivity index (χ0) is 15.1. The van der Waals surface area contributed by atoms with E-state index in [4.69, 9.17) is 22.1 Å². The van der Waals surface area contributed by atoms with Gasteiger partial charge in [-0.1, -0.05) is 24.6 Å². The fourth-order valence-electron chi connectivity index (χ4n) is 2.48. The van der Waals surface area contributed by atoms with Crippen molar-refractivity contribution in [2.75, 3.05) is 25.2 Å². The fourth-order valence-corrected chi connectivity index (χ4v) is 2.72. The van der Waals surface area contributed by atoms with Crippen LogP contribution in [0.4, 0.5) is 5.69 Å². The van der Waals surface area contributed by atoms with Crippen LogP contribution in [-0.4, -0.2) is 32.3 Å². The van der Waals surface area contributed by atoms with Gasteiger partial charge in [-0.15, -0.1) is 0 Å². The van der Waals surface area contributed by atoms with Gasteiger partial charge in [0.05, 0.1) is 6.61 Å². The number of nitrogens with zero attached hydrogens (tertiary/aromatic N) is 1. The second-order valence-electron chi connectivity index (χ2n) is 5.20. The Bertz CT molecular complexity index is 411. The van der Waals surface area contributed by atoms with Crippen LogP contribution >= 0.6 is 11.6 Å². The number of benzene rings is 1. The van der Waals surface area contributed by atoms with Crippen LogP contribution in [0, 0.1) is 0 Å². The van der Waals surface area contributed by atoms with Gasteiger partial charge >= 0.3 is 0 Å². The van der Waals surface area contributed by atoms with Gasteiger partial charge in [-0.05, 0) is 44.4 Å². The highest BCUT2D eigenvalue weighted by Gasteiger charge is 2.18. The Hall–Kier alpha value is -0.770. The summed E-state index contributed by atoms with van der Waals surface area (Å²) in [6.45, 7) is 8.03. The Morgan fingerprint density at radius 3 is 2.60 bits per heavy atom. The first-order valence-corrected chi connectivity index (χ1v) is 7.71. The highest BCUT2D eigenvalue weighted by atomic mass is 35.5. The molecule has 1 aromatic carbocycles. The number of methoxy groups -OCH3 is 1. The molecule has 2 N–H and O–H groups in total. The van der Waals surface area contributed by atoms with Crippen LogP contribution in [-0.2, 0) is 11.2 Å². The summed E-state index contributed by atoms with van der Waals surface area (Å²) in [7, 11) is 1.73. The van der Waals surface area contributed by atoms with Crippen LogP contribution in [0.3, 0.4) is 0 Å². The SMILES string of the molecule is CCC(N)Cc1c(Cl)cccc1N(CC)C(C)COC. The van der Waals surface area contributed by atoms with Crippen molar-refractivity contribution in [2.24, 2.45) is 5.73 Å². The van der Waals surface area contributed by atoms with Crippen LogP contribution in [0.15, 0.2) is 18.2 Å². The summed E-state index contributed by atoms with van der Waals surface area (Å²) in [5.74, 6) is 0. The first kappa shape index (κ1) is 17.3. The predicted octanol–water partition coefficient (Wildman–Crippen LogP) is 3.48. The average molecular weight is 299 g/mol. The van der Waals surface area contributed by atoms with E-state index in [0.717, 1.165) is 30.0 Å². The molecule has 0 saturated heterocycles. The lowest BCUT2D eigenvalue weighted by Gasteiger charge is -2.32. The van der Waals surface area contributed by atoms with E-state index in [2.05, 4.69) is 31.7 Å². The monoisotopic (exact) mass is 298 g/mol. The van der Waals surface area contributed by atoms with Crippen molar-refractivity contribution in [2.45, 2.75) is 45.7 Å². The predicted molar refractivity (Wildman–Crippen MR) is 87.8 cm³/mol. The molecule has 0 radical (unpaired) electrons. The van der Waals surface area contributed by atoms with Crippen molar-refractivity contribution in [3.05, 3.63) is 28.8 Å². The molecular formula is C16H27ClN2O. The Kier molecular flexibility index (Phi) is 7.35. The quantitative estimate of drug-likeness (QED) is 0.798. The second-order valence-corrected chi connectivity index (χ2v) is 5.61. The minimum Gasteiger partial charge on any atom is -0.383 e. The molecular weight excluding hydrogens is 272 g/mol. The van der Waals surface area contributed by atoms with E-state index in [-0.39, 0.29) is 6.04 Å². The average Bonchev–Trinajstić information content (AvgIpc) is 2.43. The summed E-state index contributed by atoms with van der Waals surface area (Å²) in [4.78, 5) is 2.33. The smallest absolute Gasteiger partial charge is 0.0663 e. The topological polar surface area (TPSA) is 38.5 Å². The van der Waals surface area contributed by atoms with Gasteiger partial charge in [0.25, 0.3) is 0 Å². The van der Waals surface area contributed by atoms with E-state index >= 15 is 0 Å². The zero-order valence-electron chi connectivity index (χ0n) is 13.0. The Morgan fingerprint density at radius 1 is 1.35 bits per heavy atom. The molecule has 1 rings (SSSR count). The Balaban J connectivity index is 3.11. The lowest BCUT2D eigenvalue weighted by molar-refractivity contribution is 0.182. The first-order valence-electron chi connectivity index (χ1n) is 7.33. The number of halogens is 1. The lowest BCUT2D eigenvalue weighted by Crippen LogP contribution is -2.37. The van der Waals surface area contributed by atoms with Crippen molar-refractivity contribution >= 4 is 17.3 Å². The Morgan fingerprint density at radius 2 is 2.05 bits per heavy atom. The van der Waals surface area contributed by atoms with Crippen molar-refractivity contribution in [1.29, 1.82) is 0 Å². The summed E-state index contributed by atoms with van der Waals surface area (Å²) >= 11 is 6.40. The summed E-state index contributed by atoms with van der Waals surface area (Å²) in [5.41, 5.74) is 8.44. The van der Waals surface area contributed by atoms with Crippen LogP contribution in [0.1, 0.15) is 32.8 Å². The molecule has 3 nitrogen and oxygen atoms in total. The number of hydrogen-bond acceptors (Lipinski definition) is 3. The second kappa shape index (κ2) is 8.50. The van der Waals surface area contributed by atoms with Gasteiger partial charge in [-0.25, -0.2) is 0 Å². The molecule has 0 aromatic heterocycles. The number of ether oxygens (including phenoxy) is 1. The maximum Gasteiger partial charge on any atom is 0.0663 e. The molecule has 0 fully saturated rings. The summed E-state index contributed by atoms with van der Waals surface area (Å²) in [6.07, 6.45) is 1.76. The van der Waals surface area contributed by atoms with E-state index in [9.17, 15) is 0 Å².